The number of hydroxylamine groups is 2. The quantitative estimate of drug-likeness (QED) is 0.424. The molecule has 0 bridgehead atoms. The molecule has 9 heteroatoms. The highest BCUT2D eigenvalue weighted by molar-refractivity contribution is 8.23. The third-order valence-corrected chi connectivity index (χ3v) is 5.24. The van der Waals surface area contributed by atoms with E-state index in [1.54, 1.807) is 12.1 Å². The van der Waals surface area contributed by atoms with Crippen molar-refractivity contribution in [3.05, 3.63) is 35.4 Å². The Morgan fingerprint density at radius 3 is 2.32 bits per heavy atom. The van der Waals surface area contributed by atoms with Gasteiger partial charge in [-0.25, -0.2) is 4.79 Å². The number of benzene rings is 1. The molecule has 0 aliphatic carbocycles. The van der Waals surface area contributed by atoms with Crippen molar-refractivity contribution >= 4 is 52.0 Å². The van der Waals surface area contributed by atoms with Crippen LogP contribution >= 0.6 is 24.0 Å². The van der Waals surface area contributed by atoms with E-state index >= 15 is 0 Å². The summed E-state index contributed by atoms with van der Waals surface area (Å²) in [6, 6.07) is 6.30. The third kappa shape index (κ3) is 3.57. The number of thioether (sulfide) groups is 1. The number of amides is 3. The highest BCUT2D eigenvalue weighted by Gasteiger charge is 2.38. The van der Waals surface area contributed by atoms with Crippen LogP contribution in [0.4, 0.5) is 0 Å². The van der Waals surface area contributed by atoms with Crippen LogP contribution < -0.4 is 0 Å². The second-order valence-corrected chi connectivity index (χ2v) is 7.08. The van der Waals surface area contributed by atoms with Crippen LogP contribution in [0.3, 0.4) is 0 Å². The van der Waals surface area contributed by atoms with E-state index < -0.39 is 17.8 Å². The molecule has 7 nitrogen and oxygen atoms in total. The number of carbonyl (C=O) groups is 4. The molecule has 0 radical (unpaired) electrons. The van der Waals surface area contributed by atoms with Gasteiger partial charge in [0.2, 0.25) is 5.91 Å². The van der Waals surface area contributed by atoms with E-state index in [9.17, 15) is 19.2 Å². The molecule has 1 aromatic carbocycles. The van der Waals surface area contributed by atoms with Crippen molar-refractivity contribution in [1.82, 2.24) is 9.96 Å². The van der Waals surface area contributed by atoms with Gasteiger partial charge in [-0.3, -0.25) is 19.3 Å². The van der Waals surface area contributed by atoms with Gasteiger partial charge in [0, 0.05) is 13.0 Å². The molecule has 2 aliphatic heterocycles. The second-order valence-electron chi connectivity index (χ2n) is 5.47. The lowest BCUT2D eigenvalue weighted by Crippen LogP contribution is -2.32. The summed E-state index contributed by atoms with van der Waals surface area (Å²) in [6.07, 6.45) is 1.07. The first-order chi connectivity index (χ1) is 12.0. The van der Waals surface area contributed by atoms with E-state index in [0.717, 1.165) is 0 Å². The molecule has 0 saturated carbocycles. The molecule has 3 amide bonds. The molecule has 3 rings (SSSR count). The summed E-state index contributed by atoms with van der Waals surface area (Å²) in [5.41, 5.74) is 0.442. The monoisotopic (exact) mass is 378 g/mol. The fourth-order valence-corrected chi connectivity index (χ4v) is 3.66. The van der Waals surface area contributed by atoms with Crippen molar-refractivity contribution in [2.75, 3.05) is 12.3 Å². The van der Waals surface area contributed by atoms with Crippen LogP contribution in [-0.2, 0) is 14.4 Å². The third-order valence-electron chi connectivity index (χ3n) is 3.80. The number of thiocarbonyl (C=S) groups is 1. The van der Waals surface area contributed by atoms with E-state index in [0.29, 0.717) is 34.5 Å². The van der Waals surface area contributed by atoms with Crippen LogP contribution in [0.5, 0.6) is 0 Å². The topological polar surface area (TPSA) is 84.0 Å². The number of unbranched alkanes of at least 4 members (excludes halogenated alkanes) is 1. The van der Waals surface area contributed by atoms with Crippen LogP contribution in [0.1, 0.15) is 40.0 Å². The fraction of sp³-hybridized carbons (Fsp3) is 0.312. The number of nitrogens with zero attached hydrogens (tertiary/aromatic N) is 2. The normalized spacial score (nSPS) is 16.6. The van der Waals surface area contributed by atoms with Gasteiger partial charge in [0.05, 0.1) is 16.9 Å². The maximum Gasteiger partial charge on any atom is 0.333 e. The largest absolute Gasteiger partial charge is 0.333 e. The first kappa shape index (κ1) is 17.6. The van der Waals surface area contributed by atoms with Gasteiger partial charge >= 0.3 is 5.97 Å². The van der Waals surface area contributed by atoms with Gasteiger partial charge < -0.3 is 4.84 Å². The lowest BCUT2D eigenvalue weighted by molar-refractivity contribution is -0.168. The predicted octanol–water partition coefficient (Wildman–Crippen LogP) is 1.77. The molecule has 2 heterocycles. The molecule has 0 atom stereocenters. The molecule has 0 spiro atoms. The Morgan fingerprint density at radius 1 is 1.12 bits per heavy atom. The fourth-order valence-electron chi connectivity index (χ4n) is 2.53. The number of hydrogen-bond acceptors (Lipinski definition) is 7. The van der Waals surface area contributed by atoms with E-state index in [2.05, 4.69) is 0 Å². The van der Waals surface area contributed by atoms with Crippen LogP contribution in [0.2, 0.25) is 0 Å². The van der Waals surface area contributed by atoms with Crippen LogP contribution in [-0.4, -0.2) is 50.3 Å². The molecule has 0 unspecified atom stereocenters. The highest BCUT2D eigenvalue weighted by atomic mass is 32.2. The Hall–Kier alpha value is -2.26. The molecule has 1 fully saturated rings. The van der Waals surface area contributed by atoms with Crippen molar-refractivity contribution < 1.29 is 24.0 Å². The van der Waals surface area contributed by atoms with Gasteiger partial charge in [0.25, 0.3) is 11.8 Å². The number of carbonyl (C=O) groups excluding carboxylic acids is 4. The summed E-state index contributed by atoms with van der Waals surface area (Å²) in [5, 5.41) is 0.503. The Balaban J connectivity index is 1.46. The molecule has 130 valence electrons. The summed E-state index contributed by atoms with van der Waals surface area (Å²) >= 11 is 6.40. The van der Waals surface area contributed by atoms with Gasteiger partial charge in [-0.2, -0.15) is 0 Å². The average molecular weight is 378 g/mol. The zero-order valence-electron chi connectivity index (χ0n) is 13.1. The Kier molecular flexibility index (Phi) is 5.14. The molecule has 0 N–H and O–H groups in total. The number of rotatable bonds is 6. The highest BCUT2D eigenvalue weighted by Crippen LogP contribution is 2.23. The Labute approximate surface area is 153 Å². The van der Waals surface area contributed by atoms with Crippen molar-refractivity contribution in [1.29, 1.82) is 0 Å². The Morgan fingerprint density at radius 2 is 1.76 bits per heavy atom. The summed E-state index contributed by atoms with van der Waals surface area (Å²) in [6.45, 7) is 0.449. The van der Waals surface area contributed by atoms with Gasteiger partial charge in [-0.05, 0) is 25.0 Å². The van der Waals surface area contributed by atoms with Crippen molar-refractivity contribution in [2.24, 2.45) is 0 Å². The zero-order valence-corrected chi connectivity index (χ0v) is 14.7. The summed E-state index contributed by atoms with van der Waals surface area (Å²) in [5.74, 6) is -1.61. The number of imide groups is 1. The van der Waals surface area contributed by atoms with Gasteiger partial charge in [0.1, 0.15) is 4.32 Å². The van der Waals surface area contributed by atoms with Crippen molar-refractivity contribution in [3.8, 4) is 0 Å². The maximum absolute atomic E-state index is 12.1. The molecular weight excluding hydrogens is 364 g/mol. The van der Waals surface area contributed by atoms with E-state index in [1.807, 2.05) is 0 Å². The Bertz CT molecular complexity index is 729. The first-order valence-corrected chi connectivity index (χ1v) is 9.04. The van der Waals surface area contributed by atoms with Gasteiger partial charge in [0.15, 0.2) is 0 Å². The zero-order chi connectivity index (χ0) is 18.0. The van der Waals surface area contributed by atoms with Crippen molar-refractivity contribution in [2.45, 2.75) is 19.3 Å². The summed E-state index contributed by atoms with van der Waals surface area (Å²) < 4.78 is 0.554. The molecule has 25 heavy (non-hydrogen) atoms. The number of hydrogen-bond donors (Lipinski definition) is 0. The van der Waals surface area contributed by atoms with Gasteiger partial charge in [-0.1, -0.05) is 41.2 Å². The summed E-state index contributed by atoms with van der Waals surface area (Å²) in [7, 11) is 0. The lowest BCUT2D eigenvalue weighted by Gasteiger charge is -2.15. The molecular formula is C16H14N2O5S2. The number of fused-ring (bicyclic) bond motifs is 1. The van der Waals surface area contributed by atoms with Crippen LogP contribution in [0.25, 0.3) is 0 Å². The molecule has 0 aromatic heterocycles. The summed E-state index contributed by atoms with van der Waals surface area (Å²) in [4.78, 5) is 54.1. The standard InChI is InChI=1S/C16H14N2O5S2/c19-12-9-25-16(24)17(12)8-4-3-7-13(20)23-18-14(21)10-5-1-2-6-11(10)15(18)22/h1-2,5-6H,3-4,7-9H2. The van der Waals surface area contributed by atoms with E-state index in [1.165, 1.54) is 28.8 Å². The molecule has 1 aromatic rings. The van der Waals surface area contributed by atoms with Gasteiger partial charge in [-0.15, -0.1) is 0 Å². The van der Waals surface area contributed by atoms with E-state index in [-0.39, 0.29) is 23.5 Å². The maximum atomic E-state index is 12.1. The van der Waals surface area contributed by atoms with Crippen molar-refractivity contribution in [3.63, 3.8) is 0 Å². The minimum atomic E-state index is -0.667. The lowest BCUT2D eigenvalue weighted by atomic mass is 10.1. The molecule has 1 saturated heterocycles. The SMILES string of the molecule is O=C(CCCCN1C(=O)CSC1=S)ON1C(=O)c2ccccc2C1=O. The second kappa shape index (κ2) is 7.32. The minimum Gasteiger partial charge on any atom is -0.330 e. The smallest absolute Gasteiger partial charge is 0.330 e. The predicted molar refractivity (Wildman–Crippen MR) is 93.7 cm³/mol. The molecule has 2 aliphatic rings. The minimum absolute atomic E-state index is 0.0244. The average Bonchev–Trinajstić information content (AvgIpc) is 3.04. The first-order valence-electron chi connectivity index (χ1n) is 7.65. The van der Waals surface area contributed by atoms with Crippen LogP contribution in [0.15, 0.2) is 24.3 Å². The van der Waals surface area contributed by atoms with Crippen LogP contribution in [0, 0.1) is 0 Å². The van der Waals surface area contributed by atoms with E-state index in [4.69, 9.17) is 17.1 Å².